The molecule has 0 aromatic heterocycles. The van der Waals surface area contributed by atoms with Gasteiger partial charge in [0, 0.05) is 6.07 Å². The number of benzene rings is 1. The number of halogens is 4. The lowest BCUT2D eigenvalue weighted by molar-refractivity contribution is -0.0517. The molecule has 0 spiro atoms. The van der Waals surface area contributed by atoms with E-state index in [1.54, 1.807) is 12.1 Å². The Hall–Kier alpha value is -1.19. The molecule has 0 unspecified atom stereocenters. The van der Waals surface area contributed by atoms with Crippen LogP contribution in [0.5, 0.6) is 0 Å². The molecule has 0 N–H and O–H groups in total. The second kappa shape index (κ2) is 5.85. The van der Waals surface area contributed by atoms with Crippen molar-refractivity contribution in [3.05, 3.63) is 30.1 Å². The highest BCUT2D eigenvalue weighted by atomic mass is 32.2. The standard InChI is InChI=1S/C9H13FN.CHF3O3S/c1-11(2,3)9-6-4-5-8(10)7-9;2-1(3,4)8(5,6)7/h4-7H,1-3H3;(H,5,6,7)/q+1;/p-1. The van der Waals surface area contributed by atoms with Crippen molar-refractivity contribution in [1.29, 1.82) is 0 Å². The number of nitrogens with zero attached hydrogens (tertiary/aromatic N) is 1. The highest BCUT2D eigenvalue weighted by Crippen LogP contribution is 2.20. The van der Waals surface area contributed by atoms with Gasteiger partial charge in [0.15, 0.2) is 10.1 Å². The van der Waals surface area contributed by atoms with Crippen LogP contribution in [0, 0.1) is 5.82 Å². The van der Waals surface area contributed by atoms with Gasteiger partial charge in [-0.3, -0.25) is 4.48 Å². The Morgan fingerprint density at radius 1 is 1.16 bits per heavy atom. The molecule has 9 heteroatoms. The second-order valence-corrected chi connectivity index (χ2v) is 5.76. The SMILES string of the molecule is C[N+](C)(C)c1cccc(F)c1.O=S(=O)([O-])C(F)(F)F. The Labute approximate surface area is 108 Å². The van der Waals surface area contributed by atoms with Crippen molar-refractivity contribution in [3.8, 4) is 0 Å². The van der Waals surface area contributed by atoms with E-state index in [2.05, 4.69) is 0 Å². The zero-order valence-electron chi connectivity index (χ0n) is 10.4. The maximum atomic E-state index is 12.7. The van der Waals surface area contributed by atoms with E-state index in [9.17, 15) is 17.6 Å². The molecule has 0 fully saturated rings. The molecule has 0 atom stereocenters. The molecule has 1 aromatic carbocycles. The van der Waals surface area contributed by atoms with Crippen molar-refractivity contribution in [2.45, 2.75) is 5.51 Å². The maximum absolute atomic E-state index is 12.7. The predicted octanol–water partition coefficient (Wildman–Crippen LogP) is 2.07. The van der Waals surface area contributed by atoms with Crippen LogP contribution < -0.4 is 4.48 Å². The van der Waals surface area contributed by atoms with Crippen LogP contribution in [0.1, 0.15) is 0 Å². The fourth-order valence-corrected chi connectivity index (χ4v) is 0.893. The molecular weight excluding hydrogens is 290 g/mol. The number of hydrogen-bond donors (Lipinski definition) is 0. The van der Waals surface area contributed by atoms with Crippen molar-refractivity contribution < 1.29 is 30.5 Å². The van der Waals surface area contributed by atoms with Gasteiger partial charge in [0.1, 0.15) is 11.5 Å². The molecular formula is C10H13F4NO3S. The highest BCUT2D eigenvalue weighted by molar-refractivity contribution is 7.86. The molecule has 0 bridgehead atoms. The van der Waals surface area contributed by atoms with Crippen LogP contribution in [0.15, 0.2) is 24.3 Å². The van der Waals surface area contributed by atoms with Crippen LogP contribution in [0.4, 0.5) is 23.2 Å². The zero-order chi connectivity index (χ0) is 15.5. The molecule has 0 aliphatic heterocycles. The van der Waals surface area contributed by atoms with Gasteiger partial charge in [0.2, 0.25) is 0 Å². The number of alkyl halides is 3. The fourth-order valence-electron chi connectivity index (χ4n) is 0.893. The topological polar surface area (TPSA) is 57.2 Å². The van der Waals surface area contributed by atoms with Crippen LogP contribution in [-0.4, -0.2) is 39.6 Å². The van der Waals surface area contributed by atoms with E-state index in [1.165, 1.54) is 6.07 Å². The Balaban J connectivity index is 0.000000362. The lowest BCUT2D eigenvalue weighted by Gasteiger charge is -2.22. The number of rotatable bonds is 1. The Morgan fingerprint density at radius 2 is 1.58 bits per heavy atom. The first-order valence-electron chi connectivity index (χ1n) is 4.85. The van der Waals surface area contributed by atoms with Gasteiger partial charge in [-0.05, 0) is 12.1 Å². The second-order valence-electron chi connectivity index (χ2n) is 4.39. The molecule has 4 nitrogen and oxygen atoms in total. The molecule has 0 amide bonds. The zero-order valence-corrected chi connectivity index (χ0v) is 11.2. The summed E-state index contributed by atoms with van der Waals surface area (Å²) >= 11 is 0. The molecule has 0 heterocycles. The minimum Gasteiger partial charge on any atom is -0.741 e. The van der Waals surface area contributed by atoms with Crippen LogP contribution in [-0.2, 0) is 10.1 Å². The first kappa shape index (κ1) is 17.8. The first-order valence-corrected chi connectivity index (χ1v) is 6.25. The third-order valence-corrected chi connectivity index (χ3v) is 2.43. The molecule has 19 heavy (non-hydrogen) atoms. The van der Waals surface area contributed by atoms with Crippen molar-refractivity contribution in [2.75, 3.05) is 21.1 Å². The number of hydrogen-bond acceptors (Lipinski definition) is 3. The first-order chi connectivity index (χ1) is 8.25. The third kappa shape index (κ3) is 6.50. The Bertz CT molecular complexity index is 520. The highest BCUT2D eigenvalue weighted by Gasteiger charge is 2.36. The summed E-state index contributed by atoms with van der Waals surface area (Å²) in [6, 6.07) is 6.66. The van der Waals surface area contributed by atoms with Gasteiger partial charge in [-0.25, -0.2) is 12.8 Å². The molecule has 1 rings (SSSR count). The van der Waals surface area contributed by atoms with Gasteiger partial charge in [0.25, 0.3) is 0 Å². The van der Waals surface area contributed by atoms with Crippen LogP contribution >= 0.6 is 0 Å². The van der Waals surface area contributed by atoms with Gasteiger partial charge in [0.05, 0.1) is 21.1 Å². The van der Waals surface area contributed by atoms with Crippen molar-refractivity contribution >= 4 is 15.8 Å². The van der Waals surface area contributed by atoms with Gasteiger partial charge in [-0.15, -0.1) is 0 Å². The van der Waals surface area contributed by atoms with Gasteiger partial charge in [-0.1, -0.05) is 6.07 Å². The number of quaternary nitrogens is 1. The predicted molar refractivity (Wildman–Crippen MR) is 61.7 cm³/mol. The van der Waals surface area contributed by atoms with E-state index < -0.39 is 15.6 Å². The summed E-state index contributed by atoms with van der Waals surface area (Å²) in [7, 11) is -0.0642. The summed E-state index contributed by atoms with van der Waals surface area (Å²) in [5.41, 5.74) is -4.67. The smallest absolute Gasteiger partial charge is 0.485 e. The molecule has 0 aliphatic rings. The molecule has 0 saturated heterocycles. The molecule has 0 saturated carbocycles. The normalized spacial score (nSPS) is 12.6. The molecule has 0 radical (unpaired) electrons. The summed E-state index contributed by atoms with van der Waals surface area (Å²) in [6.07, 6.45) is 0. The van der Waals surface area contributed by atoms with Gasteiger partial charge < -0.3 is 4.55 Å². The minimum absolute atomic E-state index is 0.171. The van der Waals surface area contributed by atoms with Crippen molar-refractivity contribution in [3.63, 3.8) is 0 Å². The van der Waals surface area contributed by atoms with Crippen LogP contribution in [0.2, 0.25) is 0 Å². The van der Waals surface area contributed by atoms with Crippen molar-refractivity contribution in [1.82, 2.24) is 4.48 Å². The van der Waals surface area contributed by atoms with Crippen LogP contribution in [0.3, 0.4) is 0 Å². The third-order valence-electron chi connectivity index (χ3n) is 1.87. The lowest BCUT2D eigenvalue weighted by Crippen LogP contribution is -2.34. The molecule has 110 valence electrons. The largest absolute Gasteiger partial charge is 0.741 e. The van der Waals surface area contributed by atoms with Crippen molar-refractivity contribution in [2.24, 2.45) is 0 Å². The fraction of sp³-hybridized carbons (Fsp3) is 0.400. The minimum atomic E-state index is -6.09. The quantitative estimate of drug-likeness (QED) is 0.345. The Kier molecular flexibility index (Phi) is 5.48. The Morgan fingerprint density at radius 3 is 1.79 bits per heavy atom. The summed E-state index contributed by atoms with van der Waals surface area (Å²) in [4.78, 5) is 0. The average Bonchev–Trinajstić information content (AvgIpc) is 2.13. The van der Waals surface area contributed by atoms with Crippen LogP contribution in [0.25, 0.3) is 0 Å². The molecule has 1 aromatic rings. The monoisotopic (exact) mass is 303 g/mol. The van der Waals surface area contributed by atoms with E-state index in [4.69, 9.17) is 13.0 Å². The van der Waals surface area contributed by atoms with E-state index in [1.807, 2.05) is 27.2 Å². The lowest BCUT2D eigenvalue weighted by atomic mass is 10.3. The molecule has 0 aliphatic carbocycles. The summed E-state index contributed by atoms with van der Waals surface area (Å²) in [5.74, 6) is -0.171. The van der Waals surface area contributed by atoms with E-state index in [0.29, 0.717) is 4.48 Å². The van der Waals surface area contributed by atoms with E-state index in [0.717, 1.165) is 5.69 Å². The maximum Gasteiger partial charge on any atom is 0.485 e. The average molecular weight is 303 g/mol. The summed E-state index contributed by atoms with van der Waals surface area (Å²) in [6.45, 7) is 0. The summed E-state index contributed by atoms with van der Waals surface area (Å²) < 4.78 is 72.2. The van der Waals surface area contributed by atoms with E-state index in [-0.39, 0.29) is 5.82 Å². The summed E-state index contributed by atoms with van der Waals surface area (Å²) in [5, 5.41) is 0. The van der Waals surface area contributed by atoms with Gasteiger partial charge >= 0.3 is 5.51 Å². The van der Waals surface area contributed by atoms with Gasteiger partial charge in [-0.2, -0.15) is 13.2 Å². The van der Waals surface area contributed by atoms with E-state index >= 15 is 0 Å².